The molecule has 0 radical (unpaired) electrons. The summed E-state index contributed by atoms with van der Waals surface area (Å²) in [5, 5.41) is 0. The minimum absolute atomic E-state index is 1.10. The molecule has 0 N–H and O–H groups in total. The van der Waals surface area contributed by atoms with Crippen molar-refractivity contribution >= 4 is 33.3 Å². The first kappa shape index (κ1) is 8.01. The Morgan fingerprint density at radius 3 is 3.17 bits per heavy atom. The number of thioether (sulfide) groups is 1. The van der Waals surface area contributed by atoms with E-state index >= 15 is 0 Å². The molecule has 0 saturated heterocycles. The predicted octanol–water partition coefficient (Wildman–Crippen LogP) is 1.84. The lowest BCUT2D eigenvalue weighted by molar-refractivity contribution is -0.670. The molecule has 0 amide bonds. The number of rotatable bonds is 1. The third-order valence-electron chi connectivity index (χ3n) is 1.62. The maximum atomic E-state index is 4.44. The molecule has 0 unspecified atom stereocenters. The van der Waals surface area contributed by atoms with E-state index in [9.17, 15) is 0 Å². The van der Waals surface area contributed by atoms with E-state index in [1.807, 2.05) is 23.9 Å². The molecule has 2 aromatic rings. The summed E-state index contributed by atoms with van der Waals surface area (Å²) >= 11 is 3.44. The number of nitrogens with zero attached hydrogens (tertiary/aromatic N) is 2. The zero-order chi connectivity index (χ0) is 8.55. The summed E-state index contributed by atoms with van der Waals surface area (Å²) in [5.74, 6) is 0. The largest absolute Gasteiger partial charge is 0.229 e. The van der Waals surface area contributed by atoms with Crippen LogP contribution in [0.1, 0.15) is 0 Å². The number of hydrogen-bond donors (Lipinski definition) is 0. The average Bonchev–Trinajstić information content (AvgIpc) is 2.46. The minimum atomic E-state index is 1.10. The highest BCUT2D eigenvalue weighted by Gasteiger charge is 2.05. The van der Waals surface area contributed by atoms with Crippen LogP contribution in [0.25, 0.3) is 10.2 Å². The van der Waals surface area contributed by atoms with Crippen LogP contribution in [0.4, 0.5) is 0 Å². The molecule has 0 fully saturated rings. The van der Waals surface area contributed by atoms with Crippen LogP contribution in [0.3, 0.4) is 0 Å². The zero-order valence-corrected chi connectivity index (χ0v) is 8.58. The molecule has 0 atom stereocenters. The summed E-state index contributed by atoms with van der Waals surface area (Å²) < 4.78 is 4.44. The molecule has 2 aromatic heterocycles. The molecule has 0 aliphatic heterocycles. The van der Waals surface area contributed by atoms with Gasteiger partial charge in [0.05, 0.1) is 5.52 Å². The van der Waals surface area contributed by atoms with Crippen molar-refractivity contribution < 1.29 is 4.57 Å². The number of hydrogen-bond acceptors (Lipinski definition) is 3. The Kier molecular flexibility index (Phi) is 2.02. The van der Waals surface area contributed by atoms with Gasteiger partial charge in [-0.05, 0) is 6.26 Å². The summed E-state index contributed by atoms with van der Waals surface area (Å²) in [4.78, 5) is 4.44. The quantitative estimate of drug-likeness (QED) is 0.512. The maximum absolute atomic E-state index is 4.44. The van der Waals surface area contributed by atoms with Gasteiger partial charge in [-0.25, -0.2) is 9.55 Å². The first-order chi connectivity index (χ1) is 5.79. The van der Waals surface area contributed by atoms with Gasteiger partial charge in [-0.15, -0.1) is 11.3 Å². The van der Waals surface area contributed by atoms with E-state index in [0.717, 1.165) is 9.86 Å². The SMILES string of the molecule is CSc1nc2cc[n+](C)cc2s1. The highest BCUT2D eigenvalue weighted by molar-refractivity contribution is 8.00. The van der Waals surface area contributed by atoms with Gasteiger partial charge < -0.3 is 0 Å². The molecule has 0 spiro atoms. The fourth-order valence-electron chi connectivity index (χ4n) is 1.04. The lowest BCUT2D eigenvalue weighted by Gasteiger charge is -1.83. The molecule has 12 heavy (non-hydrogen) atoms. The van der Waals surface area contributed by atoms with Crippen LogP contribution in [0.15, 0.2) is 22.8 Å². The fourth-order valence-corrected chi connectivity index (χ4v) is 2.60. The van der Waals surface area contributed by atoms with Crippen LogP contribution in [0.5, 0.6) is 0 Å². The standard InChI is InChI=1S/C8H9N2S2/c1-10-4-3-6-7(5-10)12-8(9-6)11-2/h3-5H,1-2H3/q+1. The lowest BCUT2D eigenvalue weighted by Crippen LogP contribution is -2.25. The second-order valence-corrected chi connectivity index (χ2v) is 4.63. The van der Waals surface area contributed by atoms with Gasteiger partial charge >= 0.3 is 0 Å². The van der Waals surface area contributed by atoms with E-state index in [1.54, 1.807) is 23.1 Å². The van der Waals surface area contributed by atoms with Crippen molar-refractivity contribution in [2.24, 2.45) is 7.05 Å². The van der Waals surface area contributed by atoms with E-state index in [0.29, 0.717) is 0 Å². The molecule has 0 saturated carbocycles. The van der Waals surface area contributed by atoms with Crippen LogP contribution >= 0.6 is 23.1 Å². The number of aryl methyl sites for hydroxylation is 1. The van der Waals surface area contributed by atoms with Crippen molar-refractivity contribution in [1.82, 2.24) is 4.98 Å². The number of fused-ring (bicyclic) bond motifs is 1. The molecule has 0 aromatic carbocycles. The molecule has 0 aliphatic carbocycles. The van der Waals surface area contributed by atoms with E-state index in [-0.39, 0.29) is 0 Å². The van der Waals surface area contributed by atoms with Crippen LogP contribution < -0.4 is 4.57 Å². The van der Waals surface area contributed by atoms with Crippen LogP contribution in [-0.2, 0) is 7.05 Å². The van der Waals surface area contributed by atoms with Gasteiger partial charge in [0.1, 0.15) is 11.7 Å². The monoisotopic (exact) mass is 197 g/mol. The second kappa shape index (κ2) is 3.03. The van der Waals surface area contributed by atoms with Gasteiger partial charge in [-0.2, -0.15) is 0 Å². The molecule has 62 valence electrons. The van der Waals surface area contributed by atoms with Crippen LogP contribution in [0.2, 0.25) is 0 Å². The number of pyridine rings is 1. The highest BCUT2D eigenvalue weighted by Crippen LogP contribution is 2.26. The average molecular weight is 197 g/mol. The summed E-state index contributed by atoms with van der Waals surface area (Å²) in [7, 11) is 2.03. The van der Waals surface area contributed by atoms with Gasteiger partial charge in [0.25, 0.3) is 0 Å². The molecule has 2 heterocycles. The van der Waals surface area contributed by atoms with Gasteiger partial charge in [-0.3, -0.25) is 0 Å². The normalized spacial score (nSPS) is 10.8. The smallest absolute Gasteiger partial charge is 0.188 e. The molecule has 2 rings (SSSR count). The summed E-state index contributed by atoms with van der Waals surface area (Å²) in [6, 6.07) is 2.05. The number of aromatic nitrogens is 2. The van der Waals surface area contributed by atoms with Crippen molar-refractivity contribution in [3.63, 3.8) is 0 Å². The Labute approximate surface area is 79.3 Å². The van der Waals surface area contributed by atoms with Crippen molar-refractivity contribution in [3.05, 3.63) is 18.5 Å². The Bertz CT molecular complexity index is 408. The topological polar surface area (TPSA) is 16.8 Å². The van der Waals surface area contributed by atoms with Crippen LogP contribution in [-0.4, -0.2) is 11.2 Å². The lowest BCUT2D eigenvalue weighted by atomic mass is 10.4. The van der Waals surface area contributed by atoms with Gasteiger partial charge in [0.2, 0.25) is 0 Å². The third-order valence-corrected chi connectivity index (χ3v) is 3.62. The van der Waals surface area contributed by atoms with E-state index in [1.165, 1.54) is 4.70 Å². The first-order valence-electron chi connectivity index (χ1n) is 3.59. The third kappa shape index (κ3) is 1.32. The zero-order valence-electron chi connectivity index (χ0n) is 6.94. The summed E-state index contributed by atoms with van der Waals surface area (Å²) in [5.41, 5.74) is 1.10. The predicted molar refractivity (Wildman–Crippen MR) is 52.6 cm³/mol. The summed E-state index contributed by atoms with van der Waals surface area (Å²) in [6.07, 6.45) is 6.18. The molecule has 2 nitrogen and oxygen atoms in total. The van der Waals surface area contributed by atoms with Gasteiger partial charge in [0.15, 0.2) is 16.7 Å². The maximum Gasteiger partial charge on any atom is 0.188 e. The van der Waals surface area contributed by atoms with Gasteiger partial charge in [-0.1, -0.05) is 11.8 Å². The molecular weight excluding hydrogens is 188 g/mol. The summed E-state index contributed by atoms with van der Waals surface area (Å²) in [6.45, 7) is 0. The van der Waals surface area contributed by atoms with Crippen LogP contribution in [0, 0.1) is 0 Å². The second-order valence-electron chi connectivity index (χ2n) is 2.54. The highest BCUT2D eigenvalue weighted by atomic mass is 32.2. The van der Waals surface area contributed by atoms with Crippen molar-refractivity contribution in [2.75, 3.05) is 6.26 Å². The first-order valence-corrected chi connectivity index (χ1v) is 5.63. The molecule has 0 bridgehead atoms. The Morgan fingerprint density at radius 1 is 1.58 bits per heavy atom. The molecule has 4 heteroatoms. The number of thiazole rings is 1. The van der Waals surface area contributed by atoms with Crippen molar-refractivity contribution in [1.29, 1.82) is 0 Å². The van der Waals surface area contributed by atoms with Crippen molar-refractivity contribution in [2.45, 2.75) is 4.34 Å². The van der Waals surface area contributed by atoms with E-state index < -0.39 is 0 Å². The van der Waals surface area contributed by atoms with E-state index in [2.05, 4.69) is 17.4 Å². The van der Waals surface area contributed by atoms with E-state index in [4.69, 9.17) is 0 Å². The Hall–Kier alpha value is -0.610. The Morgan fingerprint density at radius 2 is 2.42 bits per heavy atom. The Balaban J connectivity index is 2.67. The van der Waals surface area contributed by atoms with Gasteiger partial charge in [0, 0.05) is 6.07 Å². The molecule has 0 aliphatic rings. The molecular formula is C8H9N2S2+. The van der Waals surface area contributed by atoms with Crippen molar-refractivity contribution in [3.8, 4) is 0 Å². The fraction of sp³-hybridized carbons (Fsp3) is 0.250. The minimum Gasteiger partial charge on any atom is -0.229 e.